The molecule has 22 heavy (non-hydrogen) atoms. The Hall–Kier alpha value is -2.77. The van der Waals surface area contributed by atoms with E-state index in [1.165, 1.54) is 6.20 Å². The van der Waals surface area contributed by atoms with Crippen molar-refractivity contribution in [1.29, 1.82) is 5.26 Å². The summed E-state index contributed by atoms with van der Waals surface area (Å²) in [4.78, 5) is 12.0. The van der Waals surface area contributed by atoms with Gasteiger partial charge in [-0.1, -0.05) is 54.1 Å². The Morgan fingerprint density at radius 1 is 1.14 bits per heavy atom. The van der Waals surface area contributed by atoms with Crippen molar-refractivity contribution in [3.05, 3.63) is 77.0 Å². The molecule has 0 aromatic heterocycles. The average Bonchev–Trinajstić information content (AvgIpc) is 2.54. The van der Waals surface area contributed by atoms with E-state index in [1.54, 1.807) is 24.3 Å². The maximum atomic E-state index is 12.0. The van der Waals surface area contributed by atoms with Gasteiger partial charge in [0, 0.05) is 12.7 Å². The number of amides is 1. The first-order valence-corrected chi connectivity index (χ1v) is 7.02. The largest absolute Gasteiger partial charge is 0.386 e. The van der Waals surface area contributed by atoms with E-state index in [0.717, 1.165) is 5.56 Å². The smallest absolute Gasteiger partial charge is 0.267 e. The SMILES string of the molecule is N#C/C(=C/NCc1ccccc1)C(=O)Nc1ccccc1Cl. The molecule has 110 valence electrons. The van der Waals surface area contributed by atoms with Crippen LogP contribution in [0.5, 0.6) is 0 Å². The lowest BCUT2D eigenvalue weighted by Crippen LogP contribution is -2.16. The summed E-state index contributed by atoms with van der Waals surface area (Å²) in [6, 6.07) is 18.4. The van der Waals surface area contributed by atoms with E-state index in [9.17, 15) is 4.79 Å². The molecule has 0 fully saturated rings. The second-order valence-corrected chi connectivity index (χ2v) is 4.88. The number of nitrogens with one attached hydrogen (secondary N) is 2. The average molecular weight is 312 g/mol. The lowest BCUT2D eigenvalue weighted by Gasteiger charge is -2.06. The van der Waals surface area contributed by atoms with Crippen LogP contribution in [-0.4, -0.2) is 5.91 Å². The van der Waals surface area contributed by atoms with Crippen molar-refractivity contribution < 1.29 is 4.79 Å². The number of para-hydroxylation sites is 1. The molecule has 0 atom stereocenters. The van der Waals surface area contributed by atoms with Crippen molar-refractivity contribution in [3.63, 3.8) is 0 Å². The van der Waals surface area contributed by atoms with Gasteiger partial charge in [0.05, 0.1) is 10.7 Å². The highest BCUT2D eigenvalue weighted by Gasteiger charge is 2.10. The molecule has 0 aliphatic heterocycles. The molecule has 0 spiro atoms. The van der Waals surface area contributed by atoms with Gasteiger partial charge in [0.1, 0.15) is 11.6 Å². The highest BCUT2D eigenvalue weighted by atomic mass is 35.5. The number of benzene rings is 2. The zero-order valence-corrected chi connectivity index (χ0v) is 12.5. The molecule has 2 N–H and O–H groups in total. The number of nitriles is 1. The molecule has 0 radical (unpaired) electrons. The van der Waals surface area contributed by atoms with Crippen molar-refractivity contribution in [2.75, 3.05) is 5.32 Å². The summed E-state index contributed by atoms with van der Waals surface area (Å²) in [5.41, 5.74) is 1.51. The van der Waals surface area contributed by atoms with Crippen molar-refractivity contribution in [1.82, 2.24) is 5.32 Å². The molecule has 0 saturated heterocycles. The van der Waals surface area contributed by atoms with Crippen LogP contribution in [0.25, 0.3) is 0 Å². The topological polar surface area (TPSA) is 64.9 Å². The van der Waals surface area contributed by atoms with Crippen LogP contribution in [0.1, 0.15) is 5.56 Å². The minimum absolute atomic E-state index is 0.0177. The summed E-state index contributed by atoms with van der Waals surface area (Å²) >= 11 is 5.97. The van der Waals surface area contributed by atoms with E-state index in [2.05, 4.69) is 10.6 Å². The molecule has 0 unspecified atom stereocenters. The Kier molecular flexibility index (Phi) is 5.58. The van der Waals surface area contributed by atoms with Crippen molar-refractivity contribution in [3.8, 4) is 6.07 Å². The first-order valence-electron chi connectivity index (χ1n) is 6.64. The second kappa shape index (κ2) is 7.87. The van der Waals surface area contributed by atoms with Crippen LogP contribution in [0, 0.1) is 11.3 Å². The van der Waals surface area contributed by atoms with Crippen molar-refractivity contribution in [2.45, 2.75) is 6.54 Å². The number of carbonyl (C=O) groups excluding carboxylic acids is 1. The normalized spacial score (nSPS) is 10.6. The lowest BCUT2D eigenvalue weighted by molar-refractivity contribution is -0.112. The van der Waals surface area contributed by atoms with Crippen LogP contribution in [0.3, 0.4) is 0 Å². The zero-order chi connectivity index (χ0) is 15.8. The Balaban J connectivity index is 1.99. The molecule has 2 aromatic carbocycles. The molecule has 0 heterocycles. The van der Waals surface area contributed by atoms with E-state index >= 15 is 0 Å². The van der Waals surface area contributed by atoms with Gasteiger partial charge in [-0.25, -0.2) is 0 Å². The molecule has 0 saturated carbocycles. The number of anilines is 1. The van der Waals surface area contributed by atoms with Crippen LogP contribution in [0.2, 0.25) is 5.02 Å². The third kappa shape index (κ3) is 4.37. The van der Waals surface area contributed by atoms with E-state index in [0.29, 0.717) is 17.3 Å². The zero-order valence-electron chi connectivity index (χ0n) is 11.7. The van der Waals surface area contributed by atoms with Gasteiger partial charge in [-0.2, -0.15) is 5.26 Å². The quantitative estimate of drug-likeness (QED) is 0.656. The number of nitrogens with zero attached hydrogens (tertiary/aromatic N) is 1. The third-order valence-electron chi connectivity index (χ3n) is 2.88. The summed E-state index contributed by atoms with van der Waals surface area (Å²) in [6.07, 6.45) is 1.40. The highest BCUT2D eigenvalue weighted by Crippen LogP contribution is 2.20. The van der Waals surface area contributed by atoms with Crippen LogP contribution < -0.4 is 10.6 Å². The summed E-state index contributed by atoms with van der Waals surface area (Å²) < 4.78 is 0. The minimum Gasteiger partial charge on any atom is -0.386 e. The third-order valence-corrected chi connectivity index (χ3v) is 3.21. The molecule has 5 heteroatoms. The van der Waals surface area contributed by atoms with E-state index in [4.69, 9.17) is 16.9 Å². The van der Waals surface area contributed by atoms with E-state index in [-0.39, 0.29) is 5.57 Å². The van der Waals surface area contributed by atoms with Gasteiger partial charge in [-0.05, 0) is 17.7 Å². The first-order chi connectivity index (χ1) is 10.7. The summed E-state index contributed by atoms with van der Waals surface area (Å²) in [6.45, 7) is 0.533. The van der Waals surface area contributed by atoms with Gasteiger partial charge >= 0.3 is 0 Å². The molecule has 0 bridgehead atoms. The number of halogens is 1. The molecule has 2 aromatic rings. The summed E-state index contributed by atoms with van der Waals surface area (Å²) in [5.74, 6) is -0.504. The number of rotatable bonds is 5. The van der Waals surface area contributed by atoms with Gasteiger partial charge in [-0.3, -0.25) is 4.79 Å². The van der Waals surface area contributed by atoms with Gasteiger partial charge < -0.3 is 10.6 Å². The molecule has 2 rings (SSSR count). The fourth-order valence-corrected chi connectivity index (χ4v) is 1.95. The summed E-state index contributed by atoms with van der Waals surface area (Å²) in [5, 5.41) is 15.1. The Morgan fingerprint density at radius 2 is 1.82 bits per heavy atom. The number of hydrogen-bond acceptors (Lipinski definition) is 3. The maximum absolute atomic E-state index is 12.0. The lowest BCUT2D eigenvalue weighted by atomic mass is 10.2. The van der Waals surface area contributed by atoms with Gasteiger partial charge in [-0.15, -0.1) is 0 Å². The molecule has 0 aliphatic rings. The monoisotopic (exact) mass is 311 g/mol. The molecule has 1 amide bonds. The van der Waals surface area contributed by atoms with Crippen LogP contribution in [0.15, 0.2) is 66.4 Å². The van der Waals surface area contributed by atoms with Crippen LogP contribution >= 0.6 is 11.6 Å². The Labute approximate surface area is 134 Å². The van der Waals surface area contributed by atoms with Gasteiger partial charge in [0.2, 0.25) is 0 Å². The second-order valence-electron chi connectivity index (χ2n) is 4.47. The highest BCUT2D eigenvalue weighted by molar-refractivity contribution is 6.33. The van der Waals surface area contributed by atoms with Crippen molar-refractivity contribution in [2.24, 2.45) is 0 Å². The van der Waals surface area contributed by atoms with Crippen LogP contribution in [-0.2, 0) is 11.3 Å². The maximum Gasteiger partial charge on any atom is 0.267 e. The van der Waals surface area contributed by atoms with Crippen molar-refractivity contribution >= 4 is 23.2 Å². The molecular formula is C17H14ClN3O. The predicted octanol–water partition coefficient (Wildman–Crippen LogP) is 3.48. The van der Waals surface area contributed by atoms with E-state index in [1.807, 2.05) is 36.4 Å². The number of carbonyl (C=O) groups is 1. The fraction of sp³-hybridized carbons (Fsp3) is 0.0588. The minimum atomic E-state index is -0.504. The van der Waals surface area contributed by atoms with E-state index < -0.39 is 5.91 Å². The first kappa shape index (κ1) is 15.6. The standard InChI is InChI=1S/C17H14ClN3O/c18-15-8-4-5-9-16(15)21-17(22)14(10-19)12-20-11-13-6-2-1-3-7-13/h1-9,12,20H,11H2,(H,21,22)/b14-12-. The molecular weight excluding hydrogens is 298 g/mol. The Bertz CT molecular complexity index is 720. The van der Waals surface area contributed by atoms with Gasteiger partial charge in [0.15, 0.2) is 0 Å². The number of hydrogen-bond donors (Lipinski definition) is 2. The summed E-state index contributed by atoms with van der Waals surface area (Å²) in [7, 11) is 0. The molecule has 4 nitrogen and oxygen atoms in total. The Morgan fingerprint density at radius 3 is 2.50 bits per heavy atom. The predicted molar refractivity (Wildman–Crippen MR) is 87.1 cm³/mol. The fourth-order valence-electron chi connectivity index (χ4n) is 1.77. The van der Waals surface area contributed by atoms with Gasteiger partial charge in [0.25, 0.3) is 5.91 Å². The van der Waals surface area contributed by atoms with Crippen LogP contribution in [0.4, 0.5) is 5.69 Å². The molecule has 0 aliphatic carbocycles.